The standard InChI is InChI=1S/C21H19BrN4O2/c22-15-4-3-6-19(12-15)28-20-10-7-16(13-24-20)25-21(27)26(18-8-9-18)14-17-5-1-2-11-23-17/h1-7,10-13,18H,8-9,14H2,(H,25,27). The van der Waals surface area contributed by atoms with Crippen LogP contribution in [-0.2, 0) is 6.54 Å². The van der Waals surface area contributed by atoms with E-state index in [-0.39, 0.29) is 12.1 Å². The van der Waals surface area contributed by atoms with E-state index >= 15 is 0 Å². The Labute approximate surface area is 171 Å². The van der Waals surface area contributed by atoms with Gasteiger partial charge in [0.15, 0.2) is 0 Å². The van der Waals surface area contributed by atoms with E-state index in [1.54, 1.807) is 24.5 Å². The number of anilines is 1. The Bertz CT molecular complexity index is 946. The van der Waals surface area contributed by atoms with Crippen molar-refractivity contribution < 1.29 is 9.53 Å². The third-order valence-corrected chi connectivity index (χ3v) is 4.81. The number of nitrogens with one attached hydrogen (secondary N) is 1. The van der Waals surface area contributed by atoms with E-state index in [0.29, 0.717) is 23.9 Å². The molecular formula is C21H19BrN4O2. The molecule has 1 fully saturated rings. The third-order valence-electron chi connectivity index (χ3n) is 4.31. The molecule has 0 radical (unpaired) electrons. The summed E-state index contributed by atoms with van der Waals surface area (Å²) in [6.07, 6.45) is 5.39. The average Bonchev–Trinajstić information content (AvgIpc) is 3.53. The van der Waals surface area contributed by atoms with Gasteiger partial charge in [-0.2, -0.15) is 0 Å². The molecule has 0 aliphatic heterocycles. The fourth-order valence-corrected chi connectivity index (χ4v) is 3.16. The van der Waals surface area contributed by atoms with Crippen LogP contribution in [0, 0.1) is 0 Å². The number of nitrogens with zero attached hydrogens (tertiary/aromatic N) is 3. The Kier molecular flexibility index (Phi) is 5.53. The molecule has 0 saturated heterocycles. The monoisotopic (exact) mass is 438 g/mol. The summed E-state index contributed by atoms with van der Waals surface area (Å²) in [5.74, 6) is 1.15. The summed E-state index contributed by atoms with van der Waals surface area (Å²) in [6.45, 7) is 0.495. The summed E-state index contributed by atoms with van der Waals surface area (Å²) in [5, 5.41) is 2.92. The number of amides is 2. The molecule has 0 atom stereocenters. The molecule has 3 aromatic rings. The number of benzene rings is 1. The van der Waals surface area contributed by atoms with Crippen LogP contribution < -0.4 is 10.1 Å². The number of ether oxygens (including phenoxy) is 1. The summed E-state index contributed by atoms with van der Waals surface area (Å²) in [5.41, 5.74) is 1.50. The van der Waals surface area contributed by atoms with Gasteiger partial charge in [0.05, 0.1) is 24.1 Å². The van der Waals surface area contributed by atoms with Crippen molar-refractivity contribution in [1.29, 1.82) is 0 Å². The lowest BCUT2D eigenvalue weighted by molar-refractivity contribution is 0.205. The number of hydrogen-bond donors (Lipinski definition) is 1. The van der Waals surface area contributed by atoms with Gasteiger partial charge in [-0.1, -0.05) is 28.1 Å². The normalized spacial score (nSPS) is 13.0. The predicted octanol–water partition coefficient (Wildman–Crippen LogP) is 5.23. The van der Waals surface area contributed by atoms with Gasteiger partial charge in [-0.3, -0.25) is 4.98 Å². The first-order valence-electron chi connectivity index (χ1n) is 9.04. The van der Waals surface area contributed by atoms with Crippen molar-refractivity contribution in [3.8, 4) is 11.6 Å². The molecule has 2 aromatic heterocycles. The number of urea groups is 1. The van der Waals surface area contributed by atoms with E-state index in [4.69, 9.17) is 4.74 Å². The first-order valence-corrected chi connectivity index (χ1v) is 9.84. The molecule has 2 amide bonds. The van der Waals surface area contributed by atoms with Crippen LogP contribution in [0.5, 0.6) is 11.6 Å². The molecule has 28 heavy (non-hydrogen) atoms. The maximum atomic E-state index is 12.7. The van der Waals surface area contributed by atoms with Gasteiger partial charge in [0, 0.05) is 22.8 Å². The van der Waals surface area contributed by atoms with Crippen molar-refractivity contribution in [3.63, 3.8) is 0 Å². The lowest BCUT2D eigenvalue weighted by Crippen LogP contribution is -2.36. The van der Waals surface area contributed by atoms with Crippen molar-refractivity contribution in [2.24, 2.45) is 0 Å². The van der Waals surface area contributed by atoms with Gasteiger partial charge in [0.1, 0.15) is 5.75 Å². The van der Waals surface area contributed by atoms with Crippen LogP contribution in [0.15, 0.2) is 71.5 Å². The van der Waals surface area contributed by atoms with E-state index in [1.807, 2.05) is 47.4 Å². The predicted molar refractivity (Wildman–Crippen MR) is 110 cm³/mol. The summed E-state index contributed by atoms with van der Waals surface area (Å²) >= 11 is 3.41. The smallest absolute Gasteiger partial charge is 0.322 e. The van der Waals surface area contributed by atoms with Gasteiger partial charge in [-0.25, -0.2) is 9.78 Å². The molecule has 1 N–H and O–H groups in total. The van der Waals surface area contributed by atoms with Gasteiger partial charge >= 0.3 is 6.03 Å². The van der Waals surface area contributed by atoms with Crippen molar-refractivity contribution in [2.75, 3.05) is 5.32 Å². The number of pyridine rings is 2. The van der Waals surface area contributed by atoms with E-state index in [9.17, 15) is 4.79 Å². The Morgan fingerprint density at radius 3 is 2.71 bits per heavy atom. The zero-order chi connectivity index (χ0) is 19.3. The van der Waals surface area contributed by atoms with Crippen LogP contribution in [-0.4, -0.2) is 26.9 Å². The molecule has 142 valence electrons. The van der Waals surface area contributed by atoms with E-state index in [0.717, 1.165) is 23.0 Å². The summed E-state index contributed by atoms with van der Waals surface area (Å²) in [7, 11) is 0. The maximum Gasteiger partial charge on any atom is 0.322 e. The van der Waals surface area contributed by atoms with Gasteiger partial charge < -0.3 is 15.0 Å². The largest absolute Gasteiger partial charge is 0.439 e. The van der Waals surface area contributed by atoms with Crippen LogP contribution in [0.1, 0.15) is 18.5 Å². The highest BCUT2D eigenvalue weighted by Gasteiger charge is 2.32. The Balaban J connectivity index is 1.39. The van der Waals surface area contributed by atoms with E-state index < -0.39 is 0 Å². The third kappa shape index (κ3) is 4.86. The Morgan fingerprint density at radius 1 is 1.14 bits per heavy atom. The summed E-state index contributed by atoms with van der Waals surface area (Å²) < 4.78 is 6.65. The zero-order valence-corrected chi connectivity index (χ0v) is 16.7. The fraction of sp³-hybridized carbons (Fsp3) is 0.190. The van der Waals surface area contributed by atoms with E-state index in [1.165, 1.54) is 0 Å². The Hall–Kier alpha value is -2.93. The number of halogens is 1. The molecule has 1 aliphatic carbocycles. The minimum Gasteiger partial charge on any atom is -0.439 e. The first-order chi connectivity index (χ1) is 13.7. The molecule has 0 bridgehead atoms. The molecule has 1 saturated carbocycles. The van der Waals surface area contributed by atoms with Crippen molar-refractivity contribution in [3.05, 3.63) is 77.2 Å². The minimum absolute atomic E-state index is 0.143. The van der Waals surface area contributed by atoms with Crippen molar-refractivity contribution in [1.82, 2.24) is 14.9 Å². The molecule has 7 heteroatoms. The molecule has 0 unspecified atom stereocenters. The fourth-order valence-electron chi connectivity index (χ4n) is 2.78. The lowest BCUT2D eigenvalue weighted by Gasteiger charge is -2.22. The second-order valence-corrected chi connectivity index (χ2v) is 7.47. The van der Waals surface area contributed by atoms with Gasteiger partial charge in [0.25, 0.3) is 0 Å². The number of aromatic nitrogens is 2. The van der Waals surface area contributed by atoms with Crippen LogP contribution >= 0.6 is 15.9 Å². The van der Waals surface area contributed by atoms with Gasteiger partial charge in [-0.15, -0.1) is 0 Å². The van der Waals surface area contributed by atoms with Crippen molar-refractivity contribution >= 4 is 27.6 Å². The maximum absolute atomic E-state index is 12.7. The van der Waals surface area contributed by atoms with Gasteiger partial charge in [0.2, 0.25) is 5.88 Å². The molecule has 4 rings (SSSR count). The SMILES string of the molecule is O=C(Nc1ccc(Oc2cccc(Br)c2)nc1)N(Cc1ccccn1)C1CC1. The topological polar surface area (TPSA) is 67.3 Å². The summed E-state index contributed by atoms with van der Waals surface area (Å²) in [4.78, 5) is 23.2. The zero-order valence-electron chi connectivity index (χ0n) is 15.1. The van der Waals surface area contributed by atoms with Gasteiger partial charge in [-0.05, 0) is 49.2 Å². The van der Waals surface area contributed by atoms with Crippen molar-refractivity contribution in [2.45, 2.75) is 25.4 Å². The van der Waals surface area contributed by atoms with Crippen LogP contribution in [0.25, 0.3) is 0 Å². The number of hydrogen-bond acceptors (Lipinski definition) is 4. The van der Waals surface area contributed by atoms with E-state index in [2.05, 4.69) is 31.2 Å². The molecule has 1 aliphatic rings. The average molecular weight is 439 g/mol. The minimum atomic E-state index is -0.143. The number of carbonyl (C=O) groups excluding carboxylic acids is 1. The first kappa shape index (κ1) is 18.4. The molecule has 0 spiro atoms. The molecule has 6 nitrogen and oxygen atoms in total. The Morgan fingerprint density at radius 2 is 2.04 bits per heavy atom. The van der Waals surface area contributed by atoms with Crippen LogP contribution in [0.4, 0.5) is 10.5 Å². The summed E-state index contributed by atoms with van der Waals surface area (Å²) in [6, 6.07) is 16.9. The number of carbonyl (C=O) groups is 1. The lowest BCUT2D eigenvalue weighted by atomic mass is 10.3. The molecule has 2 heterocycles. The molecular weight excluding hydrogens is 420 g/mol. The van der Waals surface area contributed by atoms with Crippen LogP contribution in [0.3, 0.4) is 0 Å². The van der Waals surface area contributed by atoms with Crippen LogP contribution in [0.2, 0.25) is 0 Å². The molecule has 1 aromatic carbocycles. The number of rotatable bonds is 6. The highest BCUT2D eigenvalue weighted by atomic mass is 79.9. The second kappa shape index (κ2) is 8.39. The quantitative estimate of drug-likeness (QED) is 0.572. The highest BCUT2D eigenvalue weighted by molar-refractivity contribution is 9.10. The highest BCUT2D eigenvalue weighted by Crippen LogP contribution is 2.29. The second-order valence-electron chi connectivity index (χ2n) is 6.55.